The molecule has 0 aromatic heterocycles. The van der Waals surface area contributed by atoms with Crippen LogP contribution in [0.4, 0.5) is 0 Å². The summed E-state index contributed by atoms with van der Waals surface area (Å²) in [5.41, 5.74) is 1.16. The summed E-state index contributed by atoms with van der Waals surface area (Å²) in [6, 6.07) is 7.43. The lowest BCUT2D eigenvalue weighted by Crippen LogP contribution is -2.37. The van der Waals surface area contributed by atoms with E-state index in [2.05, 4.69) is 17.3 Å². The summed E-state index contributed by atoms with van der Waals surface area (Å²) in [4.78, 5) is 0. The fraction of sp³-hybridized carbons (Fsp3) is 0.357. The number of hydrogen-bond acceptors (Lipinski definition) is 3. The molecule has 0 spiro atoms. The molecule has 0 bridgehead atoms. The normalized spacial score (nSPS) is 10.4. The first kappa shape index (κ1) is 13.1. The average molecular weight is 228 g/mol. The number of methoxy groups -OCH3 is 1. The minimum atomic E-state index is -0.381. The molecule has 0 unspecified atom stereocenters. The van der Waals surface area contributed by atoms with Crippen molar-refractivity contribution in [3.8, 4) is 24.2 Å². The number of nitrogens with zero attached hydrogens (tertiary/aromatic N) is 1. The van der Waals surface area contributed by atoms with E-state index in [1.165, 1.54) is 0 Å². The first-order chi connectivity index (χ1) is 8.02. The van der Waals surface area contributed by atoms with E-state index in [1.807, 2.05) is 13.8 Å². The second-order valence-corrected chi connectivity index (χ2v) is 4.26. The van der Waals surface area contributed by atoms with Crippen molar-refractivity contribution in [2.75, 3.05) is 7.11 Å². The molecule has 1 aromatic rings. The average Bonchev–Trinajstić information content (AvgIpc) is 2.36. The van der Waals surface area contributed by atoms with E-state index < -0.39 is 0 Å². The third-order valence-electron chi connectivity index (χ3n) is 2.49. The lowest BCUT2D eigenvalue weighted by atomic mass is 10.1. The predicted molar refractivity (Wildman–Crippen MR) is 67.5 cm³/mol. The van der Waals surface area contributed by atoms with Crippen LogP contribution in [0.3, 0.4) is 0 Å². The Balaban J connectivity index is 2.90. The highest BCUT2D eigenvalue weighted by atomic mass is 16.5. The zero-order chi connectivity index (χ0) is 12.9. The second-order valence-electron chi connectivity index (χ2n) is 4.26. The summed E-state index contributed by atoms with van der Waals surface area (Å²) in [5, 5.41) is 12.1. The smallest absolute Gasteiger partial charge is 0.123 e. The standard InChI is InChI=1S/C14H16N2O/c1-5-14(2,3)16-10-12-8-11(9-15)6-7-13(12)17-4/h1,6-8,16H,10H2,2-4H3. The van der Waals surface area contributed by atoms with Crippen molar-refractivity contribution in [3.05, 3.63) is 29.3 Å². The second kappa shape index (κ2) is 5.39. The molecule has 0 aliphatic heterocycles. The Morgan fingerprint density at radius 3 is 2.71 bits per heavy atom. The first-order valence-electron chi connectivity index (χ1n) is 5.32. The highest BCUT2D eigenvalue weighted by Crippen LogP contribution is 2.20. The molecule has 0 saturated carbocycles. The molecular formula is C14H16N2O. The van der Waals surface area contributed by atoms with Gasteiger partial charge in [-0.2, -0.15) is 5.26 Å². The Morgan fingerprint density at radius 2 is 2.18 bits per heavy atom. The van der Waals surface area contributed by atoms with Crippen LogP contribution >= 0.6 is 0 Å². The van der Waals surface area contributed by atoms with Crippen molar-refractivity contribution in [2.45, 2.75) is 25.9 Å². The Labute approximate surface area is 102 Å². The SMILES string of the molecule is C#CC(C)(C)NCc1cc(C#N)ccc1OC. The van der Waals surface area contributed by atoms with Gasteiger partial charge in [-0.15, -0.1) is 6.42 Å². The van der Waals surface area contributed by atoms with E-state index in [4.69, 9.17) is 16.4 Å². The maximum Gasteiger partial charge on any atom is 0.123 e. The van der Waals surface area contributed by atoms with Gasteiger partial charge in [0.25, 0.3) is 0 Å². The fourth-order valence-electron chi connectivity index (χ4n) is 1.35. The summed E-state index contributed by atoms with van der Waals surface area (Å²) in [7, 11) is 1.61. The van der Waals surface area contributed by atoms with Crippen molar-refractivity contribution in [1.29, 1.82) is 5.26 Å². The van der Waals surface area contributed by atoms with Gasteiger partial charge in [-0.1, -0.05) is 5.92 Å². The van der Waals surface area contributed by atoms with Gasteiger partial charge < -0.3 is 4.74 Å². The maximum absolute atomic E-state index is 8.86. The maximum atomic E-state index is 8.86. The Morgan fingerprint density at radius 1 is 1.47 bits per heavy atom. The first-order valence-corrected chi connectivity index (χ1v) is 5.32. The Kier molecular flexibility index (Phi) is 4.15. The minimum absolute atomic E-state index is 0.381. The Bertz CT molecular complexity index is 478. The summed E-state index contributed by atoms with van der Waals surface area (Å²) >= 11 is 0. The van der Waals surface area contributed by atoms with Gasteiger partial charge in [0.1, 0.15) is 5.75 Å². The number of ether oxygens (including phenoxy) is 1. The van der Waals surface area contributed by atoms with E-state index in [9.17, 15) is 0 Å². The van der Waals surface area contributed by atoms with Gasteiger partial charge in [-0.25, -0.2) is 0 Å². The highest BCUT2D eigenvalue weighted by molar-refractivity contribution is 5.42. The molecule has 0 saturated heterocycles. The summed E-state index contributed by atoms with van der Waals surface area (Å²) in [5.74, 6) is 3.41. The van der Waals surface area contributed by atoms with Gasteiger partial charge in [-0.05, 0) is 32.0 Å². The minimum Gasteiger partial charge on any atom is -0.496 e. The Hall–Kier alpha value is -1.97. The molecule has 0 heterocycles. The zero-order valence-electron chi connectivity index (χ0n) is 10.4. The molecule has 3 heteroatoms. The molecule has 1 rings (SSSR count). The van der Waals surface area contributed by atoms with Crippen molar-refractivity contribution in [3.63, 3.8) is 0 Å². The largest absolute Gasteiger partial charge is 0.496 e. The molecule has 0 radical (unpaired) electrons. The van der Waals surface area contributed by atoms with E-state index in [1.54, 1.807) is 25.3 Å². The molecule has 1 N–H and O–H groups in total. The summed E-state index contributed by atoms with van der Waals surface area (Å²) < 4.78 is 5.24. The molecule has 0 fully saturated rings. The number of rotatable bonds is 4. The van der Waals surface area contributed by atoms with E-state index in [0.717, 1.165) is 11.3 Å². The monoisotopic (exact) mass is 228 g/mol. The molecular weight excluding hydrogens is 212 g/mol. The van der Waals surface area contributed by atoms with Crippen LogP contribution in [-0.2, 0) is 6.54 Å². The fourth-order valence-corrected chi connectivity index (χ4v) is 1.35. The quantitative estimate of drug-likeness (QED) is 0.802. The molecule has 3 nitrogen and oxygen atoms in total. The van der Waals surface area contributed by atoms with Crippen LogP contribution in [-0.4, -0.2) is 12.6 Å². The van der Waals surface area contributed by atoms with Crippen LogP contribution in [0, 0.1) is 23.7 Å². The molecule has 88 valence electrons. The third-order valence-corrected chi connectivity index (χ3v) is 2.49. The number of nitrogens with one attached hydrogen (secondary N) is 1. The van der Waals surface area contributed by atoms with Crippen molar-refractivity contribution in [2.24, 2.45) is 0 Å². The molecule has 17 heavy (non-hydrogen) atoms. The van der Waals surface area contributed by atoms with Crippen molar-refractivity contribution < 1.29 is 4.74 Å². The summed E-state index contributed by atoms with van der Waals surface area (Å²) in [6.07, 6.45) is 5.40. The molecule has 1 aromatic carbocycles. The molecule has 0 amide bonds. The van der Waals surface area contributed by atoms with Crippen LogP contribution in [0.1, 0.15) is 25.0 Å². The topological polar surface area (TPSA) is 45.0 Å². The van der Waals surface area contributed by atoms with Crippen LogP contribution in [0.15, 0.2) is 18.2 Å². The van der Waals surface area contributed by atoms with Gasteiger partial charge in [-0.3, -0.25) is 5.32 Å². The number of hydrogen-bond donors (Lipinski definition) is 1. The van der Waals surface area contributed by atoms with Crippen LogP contribution in [0.2, 0.25) is 0 Å². The number of nitriles is 1. The molecule has 0 aliphatic rings. The molecule has 0 atom stereocenters. The lowest BCUT2D eigenvalue weighted by molar-refractivity contribution is 0.402. The number of terminal acetylenes is 1. The van der Waals surface area contributed by atoms with Crippen molar-refractivity contribution in [1.82, 2.24) is 5.32 Å². The van der Waals surface area contributed by atoms with E-state index in [0.29, 0.717) is 12.1 Å². The van der Waals surface area contributed by atoms with Gasteiger partial charge >= 0.3 is 0 Å². The van der Waals surface area contributed by atoms with E-state index in [-0.39, 0.29) is 5.54 Å². The summed E-state index contributed by atoms with van der Waals surface area (Å²) in [6.45, 7) is 4.41. The predicted octanol–water partition coefficient (Wildman–Crippen LogP) is 2.07. The zero-order valence-corrected chi connectivity index (χ0v) is 10.4. The third kappa shape index (κ3) is 3.52. The van der Waals surface area contributed by atoms with E-state index >= 15 is 0 Å². The van der Waals surface area contributed by atoms with Crippen molar-refractivity contribution >= 4 is 0 Å². The lowest BCUT2D eigenvalue weighted by Gasteiger charge is -2.20. The van der Waals surface area contributed by atoms with Crippen LogP contribution in [0.25, 0.3) is 0 Å². The van der Waals surface area contributed by atoms with Gasteiger partial charge in [0.2, 0.25) is 0 Å². The van der Waals surface area contributed by atoms with Crippen LogP contribution < -0.4 is 10.1 Å². The van der Waals surface area contributed by atoms with Gasteiger partial charge in [0.15, 0.2) is 0 Å². The highest BCUT2D eigenvalue weighted by Gasteiger charge is 2.14. The van der Waals surface area contributed by atoms with Gasteiger partial charge in [0, 0.05) is 12.1 Å². The van der Waals surface area contributed by atoms with Gasteiger partial charge in [0.05, 0.1) is 24.3 Å². The number of benzene rings is 1. The molecule has 0 aliphatic carbocycles. The van der Waals surface area contributed by atoms with Crippen LogP contribution in [0.5, 0.6) is 5.75 Å².